The van der Waals surface area contributed by atoms with Gasteiger partial charge in [-0.3, -0.25) is 4.99 Å². The first-order valence-corrected chi connectivity index (χ1v) is 9.69. The van der Waals surface area contributed by atoms with E-state index >= 15 is 0 Å². The molecule has 0 aliphatic carbocycles. The monoisotopic (exact) mass is 328 g/mol. The Morgan fingerprint density at radius 3 is 2.67 bits per heavy atom. The SMILES string of the molecule is CCCN1CCC(CN=C(Nc2ccccc2)N2CCCCC2)C1. The predicted molar refractivity (Wildman–Crippen MR) is 103 cm³/mol. The van der Waals surface area contributed by atoms with E-state index in [1.54, 1.807) is 0 Å². The number of benzene rings is 1. The minimum absolute atomic E-state index is 0.717. The largest absolute Gasteiger partial charge is 0.343 e. The van der Waals surface area contributed by atoms with Crippen LogP contribution in [-0.2, 0) is 0 Å². The quantitative estimate of drug-likeness (QED) is 0.661. The summed E-state index contributed by atoms with van der Waals surface area (Å²) < 4.78 is 0. The molecule has 0 radical (unpaired) electrons. The normalized spacial score (nSPS) is 22.8. The number of nitrogens with one attached hydrogen (secondary N) is 1. The molecule has 2 aliphatic rings. The lowest BCUT2D eigenvalue weighted by Crippen LogP contribution is -2.40. The Morgan fingerprint density at radius 2 is 1.92 bits per heavy atom. The molecule has 1 aromatic carbocycles. The van der Waals surface area contributed by atoms with Crippen LogP contribution < -0.4 is 5.32 Å². The fourth-order valence-electron chi connectivity index (χ4n) is 3.77. The van der Waals surface area contributed by atoms with Crippen molar-refractivity contribution in [2.45, 2.75) is 39.0 Å². The highest BCUT2D eigenvalue weighted by Crippen LogP contribution is 2.18. The van der Waals surface area contributed by atoms with Crippen molar-refractivity contribution in [3.8, 4) is 0 Å². The molecule has 24 heavy (non-hydrogen) atoms. The van der Waals surface area contributed by atoms with Gasteiger partial charge in [0.2, 0.25) is 0 Å². The van der Waals surface area contributed by atoms with Crippen molar-refractivity contribution in [2.75, 3.05) is 44.6 Å². The van der Waals surface area contributed by atoms with Crippen molar-refractivity contribution in [1.29, 1.82) is 0 Å². The van der Waals surface area contributed by atoms with Crippen LogP contribution in [-0.4, -0.2) is 55.0 Å². The van der Waals surface area contributed by atoms with Crippen LogP contribution in [0.15, 0.2) is 35.3 Å². The first-order valence-electron chi connectivity index (χ1n) is 9.69. The summed E-state index contributed by atoms with van der Waals surface area (Å²) in [5.74, 6) is 1.80. The van der Waals surface area contributed by atoms with Gasteiger partial charge < -0.3 is 15.1 Å². The molecule has 2 heterocycles. The van der Waals surface area contributed by atoms with Crippen LogP contribution in [0.2, 0.25) is 0 Å². The van der Waals surface area contributed by atoms with Crippen molar-refractivity contribution in [3.63, 3.8) is 0 Å². The Bertz CT molecular complexity index is 508. The van der Waals surface area contributed by atoms with E-state index in [1.807, 2.05) is 0 Å². The Balaban J connectivity index is 1.62. The molecule has 2 saturated heterocycles. The molecule has 2 fully saturated rings. The van der Waals surface area contributed by atoms with Crippen LogP contribution in [0.1, 0.15) is 39.0 Å². The van der Waals surface area contributed by atoms with Gasteiger partial charge in [-0.15, -0.1) is 0 Å². The smallest absolute Gasteiger partial charge is 0.198 e. The minimum Gasteiger partial charge on any atom is -0.343 e. The van der Waals surface area contributed by atoms with Crippen LogP contribution in [0.3, 0.4) is 0 Å². The maximum Gasteiger partial charge on any atom is 0.198 e. The molecular formula is C20H32N4. The summed E-state index contributed by atoms with van der Waals surface area (Å²) in [4.78, 5) is 10.1. The van der Waals surface area contributed by atoms with E-state index < -0.39 is 0 Å². The van der Waals surface area contributed by atoms with Gasteiger partial charge >= 0.3 is 0 Å². The van der Waals surface area contributed by atoms with Crippen molar-refractivity contribution in [1.82, 2.24) is 9.80 Å². The zero-order chi connectivity index (χ0) is 16.6. The zero-order valence-electron chi connectivity index (χ0n) is 15.1. The maximum atomic E-state index is 5.02. The van der Waals surface area contributed by atoms with Crippen LogP contribution >= 0.6 is 0 Å². The van der Waals surface area contributed by atoms with Crippen LogP contribution in [0.25, 0.3) is 0 Å². The average Bonchev–Trinajstić information content (AvgIpc) is 3.08. The zero-order valence-corrected chi connectivity index (χ0v) is 15.1. The Labute approximate surface area is 146 Å². The number of likely N-dealkylation sites (tertiary alicyclic amines) is 2. The topological polar surface area (TPSA) is 30.9 Å². The maximum absolute atomic E-state index is 5.02. The van der Waals surface area contributed by atoms with E-state index in [9.17, 15) is 0 Å². The first kappa shape index (κ1) is 17.3. The fraction of sp³-hybridized carbons (Fsp3) is 0.650. The third-order valence-electron chi connectivity index (χ3n) is 5.09. The van der Waals surface area contributed by atoms with E-state index in [2.05, 4.69) is 52.4 Å². The molecule has 4 nitrogen and oxygen atoms in total. The predicted octanol–water partition coefficient (Wildman–Crippen LogP) is 3.67. The van der Waals surface area contributed by atoms with Crippen molar-refractivity contribution in [2.24, 2.45) is 10.9 Å². The summed E-state index contributed by atoms with van der Waals surface area (Å²) in [6.45, 7) is 9.18. The van der Waals surface area contributed by atoms with Crippen LogP contribution in [0.5, 0.6) is 0 Å². The van der Waals surface area contributed by atoms with Gasteiger partial charge in [0.1, 0.15) is 0 Å². The molecule has 1 aromatic rings. The first-order chi connectivity index (χ1) is 11.8. The standard InChI is InChI=1S/C20H32N4/c1-2-12-23-15-11-18(17-23)16-21-20(24-13-7-4-8-14-24)22-19-9-5-3-6-10-19/h3,5-6,9-10,18H,2,4,7-8,11-17H2,1H3,(H,21,22). The molecule has 0 bridgehead atoms. The minimum atomic E-state index is 0.717. The molecule has 1 atom stereocenters. The van der Waals surface area contributed by atoms with Gasteiger partial charge in [-0.1, -0.05) is 25.1 Å². The third kappa shape index (κ3) is 4.97. The number of nitrogens with zero attached hydrogens (tertiary/aromatic N) is 3. The lowest BCUT2D eigenvalue weighted by Gasteiger charge is -2.30. The Morgan fingerprint density at radius 1 is 1.12 bits per heavy atom. The van der Waals surface area contributed by atoms with Crippen molar-refractivity contribution in [3.05, 3.63) is 30.3 Å². The van der Waals surface area contributed by atoms with Gasteiger partial charge in [-0.05, 0) is 63.2 Å². The van der Waals surface area contributed by atoms with Crippen LogP contribution in [0.4, 0.5) is 5.69 Å². The molecule has 0 saturated carbocycles. The number of anilines is 1. The van der Waals surface area contributed by atoms with Gasteiger partial charge in [0, 0.05) is 31.9 Å². The van der Waals surface area contributed by atoms with E-state index in [4.69, 9.17) is 4.99 Å². The van der Waals surface area contributed by atoms with Gasteiger partial charge in [0.05, 0.1) is 0 Å². The van der Waals surface area contributed by atoms with Crippen LogP contribution in [0, 0.1) is 5.92 Å². The molecule has 4 heteroatoms. The lowest BCUT2D eigenvalue weighted by atomic mass is 10.1. The van der Waals surface area contributed by atoms with E-state index in [1.165, 1.54) is 51.7 Å². The summed E-state index contributed by atoms with van der Waals surface area (Å²) in [5.41, 5.74) is 1.14. The fourth-order valence-corrected chi connectivity index (χ4v) is 3.77. The molecule has 3 rings (SSSR count). The number of rotatable bonds is 5. The Hall–Kier alpha value is -1.55. The number of guanidine groups is 1. The molecule has 1 N–H and O–H groups in total. The summed E-state index contributed by atoms with van der Waals surface area (Å²) in [7, 11) is 0. The summed E-state index contributed by atoms with van der Waals surface area (Å²) in [6, 6.07) is 10.5. The van der Waals surface area contributed by atoms with E-state index in [0.717, 1.165) is 31.3 Å². The van der Waals surface area contributed by atoms with Gasteiger partial charge in [0.15, 0.2) is 5.96 Å². The van der Waals surface area contributed by atoms with Gasteiger partial charge in [-0.2, -0.15) is 0 Å². The molecule has 2 aliphatic heterocycles. The molecular weight excluding hydrogens is 296 g/mol. The number of hydrogen-bond donors (Lipinski definition) is 1. The molecule has 0 spiro atoms. The second-order valence-electron chi connectivity index (χ2n) is 7.16. The third-order valence-corrected chi connectivity index (χ3v) is 5.09. The molecule has 1 unspecified atom stereocenters. The highest BCUT2D eigenvalue weighted by Gasteiger charge is 2.22. The summed E-state index contributed by atoms with van der Waals surface area (Å²) >= 11 is 0. The number of para-hydroxylation sites is 1. The number of hydrogen-bond acceptors (Lipinski definition) is 2. The molecule has 0 amide bonds. The summed E-state index contributed by atoms with van der Waals surface area (Å²) in [5, 5.41) is 3.57. The van der Waals surface area contributed by atoms with Gasteiger partial charge in [-0.25, -0.2) is 0 Å². The van der Waals surface area contributed by atoms with Crippen molar-refractivity contribution >= 4 is 11.6 Å². The van der Waals surface area contributed by atoms with Crippen molar-refractivity contribution < 1.29 is 0 Å². The average molecular weight is 329 g/mol. The highest BCUT2D eigenvalue weighted by atomic mass is 15.3. The molecule has 132 valence electrons. The number of aliphatic imine (C=N–C) groups is 1. The van der Waals surface area contributed by atoms with Gasteiger partial charge in [0.25, 0.3) is 0 Å². The number of piperidine rings is 1. The second-order valence-corrected chi connectivity index (χ2v) is 7.16. The highest BCUT2D eigenvalue weighted by molar-refractivity contribution is 5.93. The van der Waals surface area contributed by atoms with E-state index in [-0.39, 0.29) is 0 Å². The second kappa shape index (κ2) is 9.07. The lowest BCUT2D eigenvalue weighted by molar-refractivity contribution is 0.324. The summed E-state index contributed by atoms with van der Waals surface area (Å²) in [6.07, 6.45) is 6.46. The Kier molecular flexibility index (Phi) is 6.53. The van der Waals surface area contributed by atoms with E-state index in [0.29, 0.717) is 5.92 Å². The molecule has 0 aromatic heterocycles.